The average molecular weight is 267 g/mol. The number of rotatable bonds is 2. The SMILES string of the molecule is CC(C)(C)C(=O)N1C[C@@H](C(F)(F)F)C[C@H]1OC=O. The molecule has 0 aliphatic carbocycles. The molecule has 0 radical (unpaired) electrons. The van der Waals surface area contributed by atoms with Crippen LogP contribution >= 0.6 is 0 Å². The molecule has 7 heteroatoms. The molecule has 1 aliphatic heterocycles. The maximum Gasteiger partial charge on any atom is 0.393 e. The Kier molecular flexibility index (Phi) is 3.92. The molecule has 0 aromatic carbocycles. The highest BCUT2D eigenvalue weighted by Gasteiger charge is 2.50. The van der Waals surface area contributed by atoms with Gasteiger partial charge in [-0.15, -0.1) is 0 Å². The number of hydrogen-bond acceptors (Lipinski definition) is 3. The first-order chi connectivity index (χ1) is 8.07. The topological polar surface area (TPSA) is 46.6 Å². The third-order valence-corrected chi connectivity index (χ3v) is 2.83. The van der Waals surface area contributed by atoms with Gasteiger partial charge < -0.3 is 9.64 Å². The zero-order valence-electron chi connectivity index (χ0n) is 10.5. The molecule has 0 unspecified atom stereocenters. The molecular formula is C11H16F3NO3. The zero-order valence-corrected chi connectivity index (χ0v) is 10.5. The highest BCUT2D eigenvalue weighted by molar-refractivity contribution is 5.82. The molecule has 1 fully saturated rings. The quantitative estimate of drug-likeness (QED) is 0.718. The number of carbonyl (C=O) groups excluding carboxylic acids is 2. The van der Waals surface area contributed by atoms with Crippen molar-refractivity contribution < 1.29 is 27.5 Å². The summed E-state index contributed by atoms with van der Waals surface area (Å²) in [6, 6.07) is 0. The predicted molar refractivity (Wildman–Crippen MR) is 56.3 cm³/mol. The van der Waals surface area contributed by atoms with Gasteiger partial charge in [-0.25, -0.2) is 0 Å². The van der Waals surface area contributed by atoms with Gasteiger partial charge in [-0.2, -0.15) is 13.2 Å². The first-order valence-corrected chi connectivity index (χ1v) is 5.54. The van der Waals surface area contributed by atoms with E-state index in [2.05, 4.69) is 4.74 Å². The summed E-state index contributed by atoms with van der Waals surface area (Å²) >= 11 is 0. The van der Waals surface area contributed by atoms with E-state index in [9.17, 15) is 22.8 Å². The van der Waals surface area contributed by atoms with E-state index >= 15 is 0 Å². The second-order valence-corrected chi connectivity index (χ2v) is 5.37. The maximum absolute atomic E-state index is 12.6. The van der Waals surface area contributed by atoms with Crippen molar-refractivity contribution in [1.82, 2.24) is 4.90 Å². The van der Waals surface area contributed by atoms with Gasteiger partial charge >= 0.3 is 6.18 Å². The van der Waals surface area contributed by atoms with Crippen molar-refractivity contribution >= 4 is 12.4 Å². The van der Waals surface area contributed by atoms with Gasteiger partial charge in [0.25, 0.3) is 6.47 Å². The lowest BCUT2D eigenvalue weighted by atomic mass is 9.95. The number of hydrogen-bond donors (Lipinski definition) is 0. The largest absolute Gasteiger partial charge is 0.444 e. The number of likely N-dealkylation sites (tertiary alicyclic amines) is 1. The first-order valence-electron chi connectivity index (χ1n) is 5.54. The minimum absolute atomic E-state index is 0.0758. The highest BCUT2D eigenvalue weighted by atomic mass is 19.4. The number of amides is 1. The van der Waals surface area contributed by atoms with Crippen molar-refractivity contribution in [2.45, 2.75) is 39.6 Å². The first kappa shape index (κ1) is 14.8. The lowest BCUT2D eigenvalue weighted by molar-refractivity contribution is -0.172. The van der Waals surface area contributed by atoms with Gasteiger partial charge in [-0.3, -0.25) is 9.59 Å². The third-order valence-electron chi connectivity index (χ3n) is 2.83. The Balaban J connectivity index is 2.88. The molecule has 1 rings (SSSR count). The van der Waals surface area contributed by atoms with Crippen LogP contribution in [0.25, 0.3) is 0 Å². The molecule has 2 atom stereocenters. The normalized spacial score (nSPS) is 25.1. The Morgan fingerprint density at radius 1 is 1.33 bits per heavy atom. The molecular weight excluding hydrogens is 251 g/mol. The third kappa shape index (κ3) is 3.14. The Morgan fingerprint density at radius 2 is 1.89 bits per heavy atom. The summed E-state index contributed by atoms with van der Waals surface area (Å²) in [7, 11) is 0. The Hall–Kier alpha value is -1.27. The van der Waals surface area contributed by atoms with Crippen molar-refractivity contribution in [2.24, 2.45) is 11.3 Å². The fourth-order valence-electron chi connectivity index (χ4n) is 1.87. The van der Waals surface area contributed by atoms with Gasteiger partial charge in [0.1, 0.15) is 0 Å². The van der Waals surface area contributed by atoms with Gasteiger partial charge in [0.05, 0.1) is 5.92 Å². The molecule has 18 heavy (non-hydrogen) atoms. The number of alkyl halides is 3. The lowest BCUT2D eigenvalue weighted by Crippen LogP contribution is -2.43. The zero-order chi connectivity index (χ0) is 14.1. The average Bonchev–Trinajstić information content (AvgIpc) is 2.59. The summed E-state index contributed by atoms with van der Waals surface area (Å²) in [4.78, 5) is 23.3. The van der Waals surface area contributed by atoms with Crippen LogP contribution in [0.2, 0.25) is 0 Å². The second-order valence-electron chi connectivity index (χ2n) is 5.37. The van der Waals surface area contributed by atoms with Crippen LogP contribution in [0.4, 0.5) is 13.2 Å². The molecule has 4 nitrogen and oxygen atoms in total. The molecule has 0 bridgehead atoms. The van der Waals surface area contributed by atoms with E-state index in [-0.39, 0.29) is 6.47 Å². The van der Waals surface area contributed by atoms with E-state index in [1.807, 2.05) is 0 Å². The van der Waals surface area contributed by atoms with Crippen LogP contribution in [0.3, 0.4) is 0 Å². The molecule has 1 heterocycles. The summed E-state index contributed by atoms with van der Waals surface area (Å²) in [5.74, 6) is -2.10. The van der Waals surface area contributed by atoms with E-state index < -0.39 is 42.6 Å². The maximum atomic E-state index is 12.6. The molecule has 1 saturated heterocycles. The van der Waals surface area contributed by atoms with Gasteiger partial charge in [0.2, 0.25) is 5.91 Å². The van der Waals surface area contributed by atoms with Gasteiger partial charge in [-0.05, 0) is 0 Å². The summed E-state index contributed by atoms with van der Waals surface area (Å²) in [6.07, 6.45) is -5.91. The van der Waals surface area contributed by atoms with E-state index in [1.165, 1.54) is 0 Å². The van der Waals surface area contributed by atoms with Crippen LogP contribution in [-0.4, -0.2) is 36.2 Å². The van der Waals surface area contributed by atoms with E-state index in [0.717, 1.165) is 4.90 Å². The smallest absolute Gasteiger partial charge is 0.393 e. The fourth-order valence-corrected chi connectivity index (χ4v) is 1.87. The molecule has 1 aliphatic rings. The van der Waals surface area contributed by atoms with Crippen molar-refractivity contribution in [1.29, 1.82) is 0 Å². The molecule has 0 N–H and O–H groups in total. The van der Waals surface area contributed by atoms with Gasteiger partial charge in [0, 0.05) is 18.4 Å². The molecule has 0 aromatic heterocycles. The van der Waals surface area contributed by atoms with Gasteiger partial charge in [-0.1, -0.05) is 20.8 Å². The van der Waals surface area contributed by atoms with Crippen LogP contribution in [0.15, 0.2) is 0 Å². The van der Waals surface area contributed by atoms with Crippen molar-refractivity contribution in [3.05, 3.63) is 0 Å². The predicted octanol–water partition coefficient (Wildman–Crippen LogP) is 1.94. The van der Waals surface area contributed by atoms with Crippen molar-refractivity contribution in [2.75, 3.05) is 6.54 Å². The Labute approximate surface area is 103 Å². The molecule has 1 amide bonds. The fraction of sp³-hybridized carbons (Fsp3) is 0.818. The second kappa shape index (κ2) is 4.78. The van der Waals surface area contributed by atoms with E-state index in [4.69, 9.17) is 0 Å². The minimum Gasteiger partial charge on any atom is -0.444 e. The van der Waals surface area contributed by atoms with Crippen molar-refractivity contribution in [3.63, 3.8) is 0 Å². The van der Waals surface area contributed by atoms with E-state index in [0.29, 0.717) is 0 Å². The lowest BCUT2D eigenvalue weighted by Gasteiger charge is -2.29. The number of halogens is 3. The van der Waals surface area contributed by atoms with Crippen LogP contribution in [0.1, 0.15) is 27.2 Å². The summed E-state index contributed by atoms with van der Waals surface area (Å²) in [5.41, 5.74) is -0.815. The Bertz CT molecular complexity index is 335. The van der Waals surface area contributed by atoms with Crippen LogP contribution in [0, 0.1) is 11.3 Å². The Morgan fingerprint density at radius 3 is 2.28 bits per heavy atom. The van der Waals surface area contributed by atoms with Crippen LogP contribution < -0.4 is 0 Å². The molecule has 0 spiro atoms. The van der Waals surface area contributed by atoms with Crippen LogP contribution in [-0.2, 0) is 14.3 Å². The molecule has 0 saturated carbocycles. The number of nitrogens with zero attached hydrogens (tertiary/aromatic N) is 1. The van der Waals surface area contributed by atoms with Gasteiger partial charge in [0.15, 0.2) is 6.23 Å². The van der Waals surface area contributed by atoms with E-state index in [1.54, 1.807) is 20.8 Å². The molecule has 0 aromatic rings. The number of carbonyl (C=O) groups is 2. The highest BCUT2D eigenvalue weighted by Crippen LogP contribution is 2.38. The molecule has 104 valence electrons. The number of ether oxygens (including phenoxy) is 1. The van der Waals surface area contributed by atoms with Crippen LogP contribution in [0.5, 0.6) is 0 Å². The minimum atomic E-state index is -4.39. The summed E-state index contributed by atoms with van der Waals surface area (Å²) < 4.78 is 42.5. The monoisotopic (exact) mass is 267 g/mol. The summed E-state index contributed by atoms with van der Waals surface area (Å²) in [6.45, 7) is 4.43. The van der Waals surface area contributed by atoms with Crippen molar-refractivity contribution in [3.8, 4) is 0 Å². The standard InChI is InChI=1S/C11H16F3NO3/c1-10(2,3)9(17)15-5-7(11(12,13)14)4-8(15)18-6-16/h6-8H,4-5H2,1-3H3/t7-,8+/m0/s1. The summed E-state index contributed by atoms with van der Waals surface area (Å²) in [5, 5.41) is 0.